The van der Waals surface area contributed by atoms with Crippen molar-refractivity contribution >= 4 is 5.91 Å². The molecule has 0 aliphatic rings. The third kappa shape index (κ3) is 5.31. The monoisotopic (exact) mass is 409 g/mol. The Balaban J connectivity index is 1.87. The van der Waals surface area contributed by atoms with Gasteiger partial charge in [0.05, 0.1) is 13.2 Å². The first-order valence-corrected chi connectivity index (χ1v) is 9.77. The summed E-state index contributed by atoms with van der Waals surface area (Å²) in [5, 5.41) is 7.16. The van der Waals surface area contributed by atoms with E-state index in [1.165, 1.54) is 28.9 Å². The Hall–Kier alpha value is -3.48. The summed E-state index contributed by atoms with van der Waals surface area (Å²) in [5.74, 6) is 0.00728. The highest BCUT2D eigenvalue weighted by Gasteiger charge is 2.18. The lowest BCUT2D eigenvalue weighted by Gasteiger charge is -2.20. The number of aromatic nitrogens is 2. The lowest BCUT2D eigenvalue weighted by atomic mass is 9.98. The maximum absolute atomic E-state index is 13.3. The predicted octanol–water partition coefficient (Wildman–Crippen LogP) is 3.51. The molecule has 0 aliphatic heterocycles. The summed E-state index contributed by atoms with van der Waals surface area (Å²) in [4.78, 5) is 24.8. The molecule has 7 heteroatoms. The van der Waals surface area contributed by atoms with Crippen molar-refractivity contribution < 1.29 is 13.9 Å². The van der Waals surface area contributed by atoms with Crippen LogP contribution in [0.4, 0.5) is 4.39 Å². The van der Waals surface area contributed by atoms with E-state index in [1.807, 2.05) is 31.2 Å². The van der Waals surface area contributed by atoms with Crippen LogP contribution < -0.4 is 15.6 Å². The van der Waals surface area contributed by atoms with E-state index in [0.717, 1.165) is 17.5 Å². The van der Waals surface area contributed by atoms with Crippen LogP contribution in [0, 0.1) is 5.82 Å². The van der Waals surface area contributed by atoms with Gasteiger partial charge in [-0.15, -0.1) is 0 Å². The molecule has 3 rings (SSSR count). The molecule has 2 aromatic carbocycles. The quantitative estimate of drug-likeness (QED) is 0.618. The van der Waals surface area contributed by atoms with Gasteiger partial charge in [0.25, 0.3) is 11.5 Å². The molecule has 1 atom stereocenters. The predicted molar refractivity (Wildman–Crippen MR) is 112 cm³/mol. The van der Waals surface area contributed by atoms with E-state index in [9.17, 15) is 14.0 Å². The van der Waals surface area contributed by atoms with Gasteiger partial charge in [-0.05, 0) is 54.3 Å². The first-order chi connectivity index (χ1) is 14.5. The molecule has 30 heavy (non-hydrogen) atoms. The summed E-state index contributed by atoms with van der Waals surface area (Å²) < 4.78 is 19.8. The van der Waals surface area contributed by atoms with Gasteiger partial charge in [0.2, 0.25) is 0 Å². The number of carbonyl (C=O) groups is 1. The molecule has 0 saturated heterocycles. The molecule has 6 nitrogen and oxygen atoms in total. The Kier molecular flexibility index (Phi) is 6.95. The van der Waals surface area contributed by atoms with Crippen LogP contribution in [0.3, 0.4) is 0 Å². The van der Waals surface area contributed by atoms with Crippen LogP contribution in [0.1, 0.15) is 41.0 Å². The van der Waals surface area contributed by atoms with E-state index in [2.05, 4.69) is 10.4 Å². The maximum Gasteiger partial charge on any atom is 0.272 e. The molecule has 1 N–H and O–H groups in total. The van der Waals surface area contributed by atoms with Crippen LogP contribution >= 0.6 is 0 Å². The zero-order valence-electron chi connectivity index (χ0n) is 17.0. The lowest BCUT2D eigenvalue weighted by Crippen LogP contribution is -2.33. The molecule has 0 saturated carbocycles. The summed E-state index contributed by atoms with van der Waals surface area (Å²) in [6, 6.07) is 16.0. The number of carbonyl (C=O) groups excluding carboxylic acids is 1. The topological polar surface area (TPSA) is 73.2 Å². The summed E-state index contributed by atoms with van der Waals surface area (Å²) >= 11 is 0. The number of aryl methyl sites for hydroxylation is 1. The maximum atomic E-state index is 13.3. The van der Waals surface area contributed by atoms with Crippen molar-refractivity contribution in [1.29, 1.82) is 0 Å². The smallest absolute Gasteiger partial charge is 0.272 e. The van der Waals surface area contributed by atoms with Crippen LogP contribution in [0.15, 0.2) is 65.5 Å². The zero-order chi connectivity index (χ0) is 21.5. The van der Waals surface area contributed by atoms with Crippen LogP contribution in [0.2, 0.25) is 0 Å². The van der Waals surface area contributed by atoms with E-state index in [0.29, 0.717) is 18.7 Å². The molecular weight excluding hydrogens is 385 g/mol. The van der Waals surface area contributed by atoms with E-state index < -0.39 is 0 Å². The number of amides is 1. The Morgan fingerprint density at radius 3 is 2.43 bits per heavy atom. The summed E-state index contributed by atoms with van der Waals surface area (Å²) in [6.07, 6.45) is 1.20. The third-order valence-electron chi connectivity index (χ3n) is 4.71. The largest absolute Gasteiger partial charge is 0.497 e. The minimum atomic E-state index is -0.386. The van der Waals surface area contributed by atoms with Crippen molar-refractivity contribution in [2.75, 3.05) is 7.11 Å². The molecule has 0 spiro atoms. The number of hydrogen-bond acceptors (Lipinski definition) is 4. The molecule has 1 unspecified atom stereocenters. The average molecular weight is 409 g/mol. The SMILES string of the molecule is CCCn1nc(C(=O)NC(Cc2ccc(F)cc2)c2ccc(OC)cc2)ccc1=O. The van der Waals surface area contributed by atoms with Crippen molar-refractivity contribution in [3.05, 3.63) is 93.7 Å². The lowest BCUT2D eigenvalue weighted by molar-refractivity contribution is 0.0928. The van der Waals surface area contributed by atoms with E-state index in [1.54, 1.807) is 19.2 Å². The highest BCUT2D eigenvalue weighted by atomic mass is 19.1. The molecule has 3 aromatic rings. The van der Waals surface area contributed by atoms with Crippen LogP contribution in [-0.2, 0) is 13.0 Å². The average Bonchev–Trinajstić information content (AvgIpc) is 2.76. The molecule has 0 aliphatic carbocycles. The fraction of sp³-hybridized carbons (Fsp3) is 0.261. The minimum Gasteiger partial charge on any atom is -0.497 e. The highest BCUT2D eigenvalue weighted by molar-refractivity contribution is 5.92. The number of rotatable bonds is 8. The normalized spacial score (nSPS) is 11.7. The Morgan fingerprint density at radius 1 is 1.10 bits per heavy atom. The summed E-state index contributed by atoms with van der Waals surface area (Å²) in [7, 11) is 1.59. The molecule has 1 amide bonds. The summed E-state index contributed by atoms with van der Waals surface area (Å²) in [6.45, 7) is 2.38. The first kappa shape index (κ1) is 21.2. The Labute approximate surface area is 174 Å². The molecule has 0 fully saturated rings. The van der Waals surface area contributed by atoms with Gasteiger partial charge in [-0.2, -0.15) is 5.10 Å². The molecule has 1 aromatic heterocycles. The van der Waals surface area contributed by atoms with Crippen LogP contribution in [0.5, 0.6) is 5.75 Å². The fourth-order valence-corrected chi connectivity index (χ4v) is 3.12. The number of halogens is 1. The number of ether oxygens (including phenoxy) is 1. The van der Waals surface area contributed by atoms with Gasteiger partial charge in [0.1, 0.15) is 17.3 Å². The van der Waals surface area contributed by atoms with E-state index in [4.69, 9.17) is 4.74 Å². The second-order valence-corrected chi connectivity index (χ2v) is 6.91. The van der Waals surface area contributed by atoms with Crippen molar-refractivity contribution in [2.24, 2.45) is 0 Å². The molecule has 156 valence electrons. The van der Waals surface area contributed by atoms with Gasteiger partial charge < -0.3 is 10.1 Å². The third-order valence-corrected chi connectivity index (χ3v) is 4.71. The Bertz CT molecular complexity index is 1050. The number of nitrogens with zero attached hydrogens (tertiary/aromatic N) is 2. The Morgan fingerprint density at radius 2 is 1.80 bits per heavy atom. The number of hydrogen-bond donors (Lipinski definition) is 1. The van der Waals surface area contributed by atoms with E-state index >= 15 is 0 Å². The van der Waals surface area contributed by atoms with Crippen LogP contribution in [0.25, 0.3) is 0 Å². The van der Waals surface area contributed by atoms with Crippen molar-refractivity contribution in [1.82, 2.24) is 15.1 Å². The standard InChI is InChI=1S/C23H24FN3O3/c1-3-14-27-22(28)13-12-20(26-27)23(29)25-21(15-16-4-8-18(24)9-5-16)17-6-10-19(30-2)11-7-17/h4-13,21H,3,14-15H2,1-2H3,(H,25,29). The number of methoxy groups -OCH3 is 1. The van der Waals surface area contributed by atoms with Crippen LogP contribution in [-0.4, -0.2) is 22.8 Å². The number of nitrogens with one attached hydrogen (secondary N) is 1. The van der Waals surface area contributed by atoms with Gasteiger partial charge >= 0.3 is 0 Å². The van der Waals surface area contributed by atoms with Crippen molar-refractivity contribution in [3.8, 4) is 5.75 Å². The fourth-order valence-electron chi connectivity index (χ4n) is 3.12. The molecule has 0 bridgehead atoms. The van der Waals surface area contributed by atoms with Gasteiger partial charge in [-0.25, -0.2) is 9.07 Å². The second-order valence-electron chi connectivity index (χ2n) is 6.91. The van der Waals surface area contributed by atoms with Crippen molar-refractivity contribution in [2.45, 2.75) is 32.4 Å². The van der Waals surface area contributed by atoms with Crippen molar-refractivity contribution in [3.63, 3.8) is 0 Å². The van der Waals surface area contributed by atoms with Gasteiger partial charge in [0.15, 0.2) is 0 Å². The van der Waals surface area contributed by atoms with Gasteiger partial charge in [0, 0.05) is 12.6 Å². The molecule has 0 radical (unpaired) electrons. The first-order valence-electron chi connectivity index (χ1n) is 9.77. The molecule has 1 heterocycles. The second kappa shape index (κ2) is 9.82. The molecular formula is C23H24FN3O3. The minimum absolute atomic E-state index is 0.167. The highest BCUT2D eigenvalue weighted by Crippen LogP contribution is 2.22. The van der Waals surface area contributed by atoms with Gasteiger partial charge in [-0.3, -0.25) is 9.59 Å². The zero-order valence-corrected chi connectivity index (χ0v) is 17.0. The summed E-state index contributed by atoms with van der Waals surface area (Å²) in [5.41, 5.74) is 1.67. The van der Waals surface area contributed by atoms with Gasteiger partial charge in [-0.1, -0.05) is 31.2 Å². The van der Waals surface area contributed by atoms with E-state index in [-0.39, 0.29) is 29.0 Å². The number of benzene rings is 2.